The van der Waals surface area contributed by atoms with E-state index in [4.69, 9.17) is 4.74 Å². The molecule has 1 aromatic carbocycles. The van der Waals surface area contributed by atoms with E-state index in [9.17, 15) is 13.6 Å². The Hall–Kier alpha value is -1.57. The maximum Gasteiger partial charge on any atom is 0.251 e. The number of nitrogens with one attached hydrogen (secondary N) is 1. The van der Waals surface area contributed by atoms with Crippen molar-refractivity contribution in [2.45, 2.75) is 12.8 Å². The van der Waals surface area contributed by atoms with E-state index < -0.39 is 11.6 Å². The van der Waals surface area contributed by atoms with Crippen LogP contribution in [0, 0.1) is 17.6 Å². The van der Waals surface area contributed by atoms with Gasteiger partial charge in [-0.2, -0.15) is 0 Å². The molecule has 0 aliphatic carbocycles. The molecular formula is C19H27F2N3O2. The third-order valence-electron chi connectivity index (χ3n) is 5.28. The average molecular weight is 367 g/mol. The number of nitrogens with zero attached hydrogens (tertiary/aromatic N) is 2. The second-order valence-electron chi connectivity index (χ2n) is 7.08. The van der Waals surface area contributed by atoms with Crippen LogP contribution in [0.2, 0.25) is 0 Å². The first-order valence-corrected chi connectivity index (χ1v) is 9.37. The lowest BCUT2D eigenvalue weighted by Crippen LogP contribution is -2.44. The molecule has 0 aromatic heterocycles. The number of rotatable bonds is 6. The van der Waals surface area contributed by atoms with Gasteiger partial charge in [0.25, 0.3) is 5.91 Å². The molecule has 3 rings (SSSR count). The molecular weight excluding hydrogens is 340 g/mol. The van der Waals surface area contributed by atoms with Crippen molar-refractivity contribution in [1.29, 1.82) is 0 Å². The summed E-state index contributed by atoms with van der Waals surface area (Å²) < 4.78 is 31.5. The van der Waals surface area contributed by atoms with Gasteiger partial charge in [-0.15, -0.1) is 0 Å². The first-order valence-electron chi connectivity index (χ1n) is 9.37. The smallest absolute Gasteiger partial charge is 0.251 e. The Bertz CT molecular complexity index is 600. The zero-order valence-corrected chi connectivity index (χ0v) is 15.1. The Labute approximate surface area is 153 Å². The molecule has 2 fully saturated rings. The van der Waals surface area contributed by atoms with Gasteiger partial charge in [0.15, 0.2) is 11.6 Å². The zero-order chi connectivity index (χ0) is 18.4. The van der Waals surface area contributed by atoms with Crippen molar-refractivity contribution < 1.29 is 18.3 Å². The normalized spacial score (nSPS) is 20.2. The molecule has 2 aliphatic heterocycles. The van der Waals surface area contributed by atoms with Crippen molar-refractivity contribution in [1.82, 2.24) is 15.1 Å². The van der Waals surface area contributed by atoms with Gasteiger partial charge >= 0.3 is 0 Å². The highest BCUT2D eigenvalue weighted by molar-refractivity contribution is 5.94. The van der Waals surface area contributed by atoms with Crippen LogP contribution in [0.5, 0.6) is 0 Å². The molecule has 0 radical (unpaired) electrons. The number of halogens is 2. The highest BCUT2D eigenvalue weighted by Gasteiger charge is 2.21. The van der Waals surface area contributed by atoms with Crippen LogP contribution in [0.3, 0.4) is 0 Å². The summed E-state index contributed by atoms with van der Waals surface area (Å²) >= 11 is 0. The van der Waals surface area contributed by atoms with Crippen LogP contribution in [0.25, 0.3) is 0 Å². The van der Waals surface area contributed by atoms with Crippen molar-refractivity contribution in [3.05, 3.63) is 35.4 Å². The summed E-state index contributed by atoms with van der Waals surface area (Å²) in [4.78, 5) is 17.0. The van der Waals surface area contributed by atoms with E-state index in [1.165, 1.54) is 6.07 Å². The molecule has 144 valence electrons. The van der Waals surface area contributed by atoms with Crippen molar-refractivity contribution in [2.24, 2.45) is 5.92 Å². The van der Waals surface area contributed by atoms with E-state index in [0.717, 1.165) is 77.5 Å². The molecule has 5 nitrogen and oxygen atoms in total. The van der Waals surface area contributed by atoms with Gasteiger partial charge in [-0.25, -0.2) is 8.78 Å². The topological polar surface area (TPSA) is 44.8 Å². The SMILES string of the molecule is O=C(NCC1CCN(CCN2CCOCC2)CC1)c1ccc(F)c(F)c1. The molecule has 0 saturated carbocycles. The van der Waals surface area contributed by atoms with E-state index in [2.05, 4.69) is 15.1 Å². The van der Waals surface area contributed by atoms with Crippen LogP contribution in [-0.4, -0.2) is 74.7 Å². The van der Waals surface area contributed by atoms with Crippen LogP contribution in [-0.2, 0) is 4.74 Å². The van der Waals surface area contributed by atoms with Crippen LogP contribution in [0.4, 0.5) is 8.78 Å². The first kappa shape index (κ1) is 19.2. The molecule has 0 spiro atoms. The lowest BCUT2D eigenvalue weighted by Gasteiger charge is -2.34. The van der Waals surface area contributed by atoms with Gasteiger partial charge in [0.05, 0.1) is 13.2 Å². The third-order valence-corrected chi connectivity index (χ3v) is 5.28. The molecule has 0 atom stereocenters. The Kier molecular flexibility index (Phi) is 6.93. The second kappa shape index (κ2) is 9.39. The molecule has 7 heteroatoms. The summed E-state index contributed by atoms with van der Waals surface area (Å²) in [5.74, 6) is -1.85. The monoisotopic (exact) mass is 367 g/mol. The number of benzene rings is 1. The fourth-order valence-electron chi connectivity index (χ4n) is 3.50. The zero-order valence-electron chi connectivity index (χ0n) is 15.1. The summed E-state index contributed by atoms with van der Waals surface area (Å²) in [5, 5.41) is 2.85. The Balaban J connectivity index is 1.34. The number of hydrogen-bond acceptors (Lipinski definition) is 4. The summed E-state index contributed by atoms with van der Waals surface area (Å²) in [6, 6.07) is 3.23. The first-order chi connectivity index (χ1) is 12.6. The number of piperidine rings is 1. The summed E-state index contributed by atoms with van der Waals surface area (Å²) in [6.07, 6.45) is 2.09. The summed E-state index contributed by atoms with van der Waals surface area (Å²) in [5.41, 5.74) is 0.159. The lowest BCUT2D eigenvalue weighted by atomic mass is 9.96. The van der Waals surface area contributed by atoms with Crippen molar-refractivity contribution in [3.8, 4) is 0 Å². The molecule has 2 heterocycles. The minimum absolute atomic E-state index is 0.159. The molecule has 0 bridgehead atoms. The number of likely N-dealkylation sites (tertiary alicyclic amines) is 1. The van der Waals surface area contributed by atoms with Crippen LogP contribution in [0.1, 0.15) is 23.2 Å². The third kappa shape index (κ3) is 5.46. The number of carbonyl (C=O) groups excluding carboxylic acids is 1. The quantitative estimate of drug-likeness (QED) is 0.832. The molecule has 26 heavy (non-hydrogen) atoms. The van der Waals surface area contributed by atoms with Crippen LogP contribution in [0.15, 0.2) is 18.2 Å². The van der Waals surface area contributed by atoms with E-state index in [1.54, 1.807) is 0 Å². The maximum atomic E-state index is 13.2. The fourth-order valence-corrected chi connectivity index (χ4v) is 3.50. The minimum atomic E-state index is -0.994. The maximum absolute atomic E-state index is 13.2. The van der Waals surface area contributed by atoms with Gasteiger partial charge in [-0.3, -0.25) is 9.69 Å². The molecule has 2 saturated heterocycles. The molecule has 1 N–H and O–H groups in total. The fraction of sp³-hybridized carbons (Fsp3) is 0.632. The number of hydrogen-bond donors (Lipinski definition) is 1. The number of carbonyl (C=O) groups is 1. The Morgan fingerprint density at radius 3 is 2.35 bits per heavy atom. The summed E-state index contributed by atoms with van der Waals surface area (Å²) in [7, 11) is 0. The predicted molar refractivity (Wildman–Crippen MR) is 95.1 cm³/mol. The minimum Gasteiger partial charge on any atom is -0.379 e. The summed E-state index contributed by atoms with van der Waals surface area (Å²) in [6.45, 7) is 8.52. The number of ether oxygens (including phenoxy) is 1. The van der Waals surface area contributed by atoms with E-state index in [0.29, 0.717) is 12.5 Å². The molecule has 1 amide bonds. The Morgan fingerprint density at radius 2 is 1.69 bits per heavy atom. The van der Waals surface area contributed by atoms with Gasteiger partial charge in [0.2, 0.25) is 0 Å². The molecule has 2 aliphatic rings. The lowest BCUT2D eigenvalue weighted by molar-refractivity contribution is 0.0314. The number of amides is 1. The van der Waals surface area contributed by atoms with Crippen molar-refractivity contribution in [2.75, 3.05) is 59.0 Å². The number of morpholine rings is 1. The van der Waals surface area contributed by atoms with Gasteiger partial charge in [0, 0.05) is 38.3 Å². The largest absolute Gasteiger partial charge is 0.379 e. The standard InChI is InChI=1S/C19H27F2N3O2/c20-17-2-1-16(13-18(17)21)19(25)22-14-15-3-5-23(6-4-15)7-8-24-9-11-26-12-10-24/h1-2,13,15H,3-12,14H2,(H,22,25). The van der Waals surface area contributed by atoms with Gasteiger partial charge in [-0.1, -0.05) is 0 Å². The van der Waals surface area contributed by atoms with Gasteiger partial charge in [-0.05, 0) is 50.0 Å². The molecule has 1 aromatic rings. The Morgan fingerprint density at radius 1 is 1.04 bits per heavy atom. The van der Waals surface area contributed by atoms with E-state index in [-0.39, 0.29) is 11.5 Å². The second-order valence-corrected chi connectivity index (χ2v) is 7.08. The van der Waals surface area contributed by atoms with Crippen molar-refractivity contribution in [3.63, 3.8) is 0 Å². The average Bonchev–Trinajstić information content (AvgIpc) is 2.68. The van der Waals surface area contributed by atoms with Gasteiger partial charge < -0.3 is 15.0 Å². The van der Waals surface area contributed by atoms with Crippen LogP contribution < -0.4 is 5.32 Å². The van der Waals surface area contributed by atoms with E-state index >= 15 is 0 Å². The molecule has 0 unspecified atom stereocenters. The van der Waals surface area contributed by atoms with Crippen LogP contribution >= 0.6 is 0 Å². The predicted octanol–water partition coefficient (Wildman–Crippen LogP) is 1.74. The van der Waals surface area contributed by atoms with Crippen molar-refractivity contribution >= 4 is 5.91 Å². The van der Waals surface area contributed by atoms with E-state index in [1.807, 2.05) is 0 Å². The highest BCUT2D eigenvalue weighted by Crippen LogP contribution is 2.17. The van der Waals surface area contributed by atoms with Gasteiger partial charge in [0.1, 0.15) is 0 Å². The highest BCUT2D eigenvalue weighted by atomic mass is 19.2.